The highest BCUT2D eigenvalue weighted by Crippen LogP contribution is 2.41. The zero-order chi connectivity index (χ0) is 14.7. The number of benzene rings is 2. The van der Waals surface area contributed by atoms with Gasteiger partial charge in [-0.1, -0.05) is 19.1 Å². The third-order valence-corrected chi connectivity index (χ3v) is 3.55. The van der Waals surface area contributed by atoms with E-state index in [4.69, 9.17) is 14.2 Å². The quantitative estimate of drug-likeness (QED) is 0.911. The first-order valence-corrected chi connectivity index (χ1v) is 7.09. The highest BCUT2D eigenvalue weighted by Gasteiger charge is 2.19. The molecule has 4 heteroatoms. The molecule has 0 aliphatic carbocycles. The summed E-state index contributed by atoms with van der Waals surface area (Å²) in [6.45, 7) is 3.11. The highest BCUT2D eigenvalue weighted by atomic mass is 16.7. The minimum absolute atomic E-state index is 0.251. The van der Waals surface area contributed by atoms with Crippen molar-refractivity contribution < 1.29 is 14.2 Å². The number of aryl methyl sites for hydroxylation is 1. The van der Waals surface area contributed by atoms with Crippen molar-refractivity contribution in [1.29, 1.82) is 0 Å². The van der Waals surface area contributed by atoms with E-state index in [0.717, 1.165) is 23.4 Å². The highest BCUT2D eigenvalue weighted by molar-refractivity contribution is 5.56. The van der Waals surface area contributed by atoms with Crippen molar-refractivity contribution in [2.24, 2.45) is 0 Å². The van der Waals surface area contributed by atoms with Crippen LogP contribution in [0.2, 0.25) is 0 Å². The third-order valence-electron chi connectivity index (χ3n) is 3.55. The minimum Gasteiger partial charge on any atom is -0.493 e. The fourth-order valence-corrected chi connectivity index (χ4v) is 2.39. The van der Waals surface area contributed by atoms with Crippen LogP contribution in [0.3, 0.4) is 0 Å². The van der Waals surface area contributed by atoms with Gasteiger partial charge in [-0.05, 0) is 41.8 Å². The van der Waals surface area contributed by atoms with Gasteiger partial charge in [0.2, 0.25) is 12.5 Å². The Morgan fingerprint density at radius 1 is 1.14 bits per heavy atom. The van der Waals surface area contributed by atoms with Crippen LogP contribution in [-0.2, 0) is 13.0 Å². The molecule has 0 fully saturated rings. The molecule has 0 saturated carbocycles. The summed E-state index contributed by atoms with van der Waals surface area (Å²) < 4.78 is 16.2. The fraction of sp³-hybridized carbons (Fsp3) is 0.294. The SMILES string of the molecule is CCc1cccc(NCc2cc(OC)c3c(c2)OCO3)c1. The van der Waals surface area contributed by atoms with Crippen LogP contribution in [0.1, 0.15) is 18.1 Å². The molecule has 1 N–H and O–H groups in total. The Labute approximate surface area is 124 Å². The first-order valence-electron chi connectivity index (χ1n) is 7.09. The van der Waals surface area contributed by atoms with E-state index in [-0.39, 0.29) is 6.79 Å². The fourth-order valence-electron chi connectivity index (χ4n) is 2.39. The molecule has 0 atom stereocenters. The van der Waals surface area contributed by atoms with E-state index in [0.29, 0.717) is 18.0 Å². The standard InChI is InChI=1S/C17H19NO3/c1-3-12-5-4-6-14(7-12)18-10-13-8-15(19-2)17-16(9-13)20-11-21-17/h4-9,18H,3,10-11H2,1-2H3. The summed E-state index contributed by atoms with van der Waals surface area (Å²) in [5, 5.41) is 3.43. The Hall–Kier alpha value is -2.36. The summed E-state index contributed by atoms with van der Waals surface area (Å²) in [6, 6.07) is 12.4. The zero-order valence-electron chi connectivity index (χ0n) is 12.3. The second kappa shape index (κ2) is 5.95. The van der Waals surface area contributed by atoms with Gasteiger partial charge in [0.25, 0.3) is 0 Å². The van der Waals surface area contributed by atoms with Crippen molar-refractivity contribution in [3.63, 3.8) is 0 Å². The number of rotatable bonds is 5. The molecule has 1 heterocycles. The Bertz CT molecular complexity index is 640. The molecule has 110 valence electrons. The van der Waals surface area contributed by atoms with E-state index in [1.54, 1.807) is 7.11 Å². The summed E-state index contributed by atoms with van der Waals surface area (Å²) in [7, 11) is 1.64. The number of ether oxygens (including phenoxy) is 3. The van der Waals surface area contributed by atoms with Crippen LogP contribution in [0.15, 0.2) is 36.4 Å². The summed E-state index contributed by atoms with van der Waals surface area (Å²) in [5.41, 5.74) is 3.53. The molecule has 0 unspecified atom stereocenters. The molecule has 0 aromatic heterocycles. The average Bonchev–Trinajstić information content (AvgIpc) is 3.00. The molecule has 0 radical (unpaired) electrons. The zero-order valence-corrected chi connectivity index (χ0v) is 12.3. The smallest absolute Gasteiger partial charge is 0.231 e. The largest absolute Gasteiger partial charge is 0.493 e. The summed E-state index contributed by atoms with van der Waals surface area (Å²) in [6.07, 6.45) is 1.04. The molecule has 0 amide bonds. The molecule has 0 bridgehead atoms. The summed E-state index contributed by atoms with van der Waals surface area (Å²) in [4.78, 5) is 0. The second-order valence-electron chi connectivity index (χ2n) is 4.94. The van der Waals surface area contributed by atoms with E-state index >= 15 is 0 Å². The van der Waals surface area contributed by atoms with Gasteiger partial charge in [0, 0.05) is 12.2 Å². The first kappa shape index (κ1) is 13.6. The van der Waals surface area contributed by atoms with Gasteiger partial charge in [0.15, 0.2) is 11.5 Å². The molecule has 2 aromatic carbocycles. The molecule has 1 aliphatic rings. The van der Waals surface area contributed by atoms with Gasteiger partial charge in [0.05, 0.1) is 7.11 Å². The van der Waals surface area contributed by atoms with Gasteiger partial charge >= 0.3 is 0 Å². The lowest BCUT2D eigenvalue weighted by Crippen LogP contribution is -2.00. The Kier molecular flexibility index (Phi) is 3.86. The monoisotopic (exact) mass is 285 g/mol. The first-order chi connectivity index (χ1) is 10.3. The van der Waals surface area contributed by atoms with Crippen LogP contribution in [-0.4, -0.2) is 13.9 Å². The molecule has 2 aromatic rings. The molecule has 1 aliphatic heterocycles. The van der Waals surface area contributed by atoms with Crippen molar-refractivity contribution in [3.05, 3.63) is 47.5 Å². The average molecular weight is 285 g/mol. The summed E-state index contributed by atoms with van der Waals surface area (Å²) in [5.74, 6) is 2.15. The third kappa shape index (κ3) is 2.89. The van der Waals surface area contributed by atoms with Crippen LogP contribution < -0.4 is 19.5 Å². The van der Waals surface area contributed by atoms with Crippen molar-refractivity contribution in [2.45, 2.75) is 19.9 Å². The number of hydrogen-bond donors (Lipinski definition) is 1. The maximum atomic E-state index is 5.44. The number of fused-ring (bicyclic) bond motifs is 1. The van der Waals surface area contributed by atoms with Crippen LogP contribution in [0.25, 0.3) is 0 Å². The van der Waals surface area contributed by atoms with Crippen molar-refractivity contribution in [2.75, 3.05) is 19.2 Å². The lowest BCUT2D eigenvalue weighted by Gasteiger charge is -2.11. The Morgan fingerprint density at radius 3 is 2.86 bits per heavy atom. The van der Waals surface area contributed by atoms with Crippen LogP contribution in [0.4, 0.5) is 5.69 Å². The number of hydrogen-bond acceptors (Lipinski definition) is 4. The van der Waals surface area contributed by atoms with E-state index < -0.39 is 0 Å². The predicted molar refractivity (Wildman–Crippen MR) is 82.3 cm³/mol. The Balaban J connectivity index is 1.76. The molecule has 0 spiro atoms. The molecule has 0 saturated heterocycles. The second-order valence-corrected chi connectivity index (χ2v) is 4.94. The topological polar surface area (TPSA) is 39.7 Å². The van der Waals surface area contributed by atoms with Crippen LogP contribution in [0.5, 0.6) is 17.2 Å². The minimum atomic E-state index is 0.251. The van der Waals surface area contributed by atoms with Crippen molar-refractivity contribution in [3.8, 4) is 17.2 Å². The van der Waals surface area contributed by atoms with E-state index in [1.807, 2.05) is 12.1 Å². The molecule has 4 nitrogen and oxygen atoms in total. The van der Waals surface area contributed by atoms with Gasteiger partial charge < -0.3 is 19.5 Å². The van der Waals surface area contributed by atoms with Gasteiger partial charge in [-0.3, -0.25) is 0 Å². The van der Waals surface area contributed by atoms with Gasteiger partial charge in [-0.15, -0.1) is 0 Å². The number of methoxy groups -OCH3 is 1. The molecule has 21 heavy (non-hydrogen) atoms. The van der Waals surface area contributed by atoms with E-state index in [2.05, 4.69) is 36.5 Å². The van der Waals surface area contributed by atoms with E-state index in [1.165, 1.54) is 5.56 Å². The van der Waals surface area contributed by atoms with E-state index in [9.17, 15) is 0 Å². The number of anilines is 1. The predicted octanol–water partition coefficient (Wildman–Crippen LogP) is 3.60. The van der Waals surface area contributed by atoms with Gasteiger partial charge in [0.1, 0.15) is 0 Å². The maximum Gasteiger partial charge on any atom is 0.231 e. The van der Waals surface area contributed by atoms with Crippen LogP contribution >= 0.6 is 0 Å². The van der Waals surface area contributed by atoms with Crippen molar-refractivity contribution in [1.82, 2.24) is 0 Å². The van der Waals surface area contributed by atoms with Gasteiger partial charge in [-0.25, -0.2) is 0 Å². The molecular formula is C17H19NO3. The van der Waals surface area contributed by atoms with Crippen molar-refractivity contribution >= 4 is 5.69 Å². The lowest BCUT2D eigenvalue weighted by molar-refractivity contribution is 0.171. The van der Waals surface area contributed by atoms with Gasteiger partial charge in [-0.2, -0.15) is 0 Å². The molecule has 3 rings (SSSR count). The Morgan fingerprint density at radius 2 is 2.05 bits per heavy atom. The summed E-state index contributed by atoms with van der Waals surface area (Å²) >= 11 is 0. The lowest BCUT2D eigenvalue weighted by atomic mass is 10.1. The maximum absolute atomic E-state index is 5.44. The van der Waals surface area contributed by atoms with Crippen LogP contribution in [0, 0.1) is 0 Å². The number of nitrogens with one attached hydrogen (secondary N) is 1. The molecular weight excluding hydrogens is 266 g/mol. The normalized spacial score (nSPS) is 12.3.